The van der Waals surface area contributed by atoms with Gasteiger partial charge in [0.05, 0.1) is 6.04 Å². The number of hydrogen-bond donors (Lipinski definition) is 1. The third-order valence-corrected chi connectivity index (χ3v) is 5.29. The van der Waals surface area contributed by atoms with E-state index >= 15 is 0 Å². The second kappa shape index (κ2) is 9.12. The molecule has 0 saturated heterocycles. The molecule has 1 amide bonds. The molecule has 1 N–H and O–H groups in total. The normalized spacial score (nSPS) is 12.5. The molecule has 2 aromatic heterocycles. The lowest BCUT2D eigenvalue weighted by atomic mass is 9.93. The number of aromatic nitrogens is 2. The maximum absolute atomic E-state index is 12.7. The van der Waals surface area contributed by atoms with Crippen LogP contribution in [0.5, 0.6) is 0 Å². The minimum atomic E-state index is -0.607. The molecule has 0 bridgehead atoms. The fourth-order valence-corrected chi connectivity index (χ4v) is 3.94. The highest BCUT2D eigenvalue weighted by Gasteiger charge is 2.25. The highest BCUT2D eigenvalue weighted by molar-refractivity contribution is 9.10. The van der Waals surface area contributed by atoms with E-state index in [1.54, 1.807) is 0 Å². The van der Waals surface area contributed by atoms with Crippen molar-refractivity contribution in [2.24, 2.45) is 0 Å². The van der Waals surface area contributed by atoms with Gasteiger partial charge in [-0.05, 0) is 66.5 Å². The highest BCUT2D eigenvalue weighted by Crippen LogP contribution is 2.34. The Morgan fingerprint density at radius 1 is 1.06 bits per heavy atom. The van der Waals surface area contributed by atoms with Crippen molar-refractivity contribution in [1.29, 1.82) is 0 Å². The lowest BCUT2D eigenvalue weighted by molar-refractivity contribution is 0.0503. The number of benzene rings is 2. The van der Waals surface area contributed by atoms with Crippen molar-refractivity contribution in [3.63, 3.8) is 0 Å². The molecule has 164 valence electrons. The molecule has 0 aliphatic heterocycles. The summed E-state index contributed by atoms with van der Waals surface area (Å²) in [7, 11) is 0. The molecule has 6 nitrogen and oxygen atoms in total. The first-order chi connectivity index (χ1) is 15.3. The Labute approximate surface area is 195 Å². The first kappa shape index (κ1) is 22.0. The number of amides is 1. The number of hydrogen-bond acceptors (Lipinski definition) is 5. The Kier molecular flexibility index (Phi) is 6.28. The highest BCUT2D eigenvalue weighted by atomic mass is 79.9. The smallest absolute Gasteiger partial charge is 0.408 e. The molecule has 0 aliphatic carbocycles. The molecule has 4 rings (SSSR count). The molecule has 1 atom stereocenters. The third kappa shape index (κ3) is 5.16. The van der Waals surface area contributed by atoms with Gasteiger partial charge in [0.1, 0.15) is 15.9 Å². The number of ether oxygens (including phenoxy) is 1. The number of para-hydroxylation sites is 1. The number of rotatable bonds is 5. The quantitative estimate of drug-likeness (QED) is 0.322. The number of carbonyl (C=O) groups excluding carboxylic acids is 1. The minimum Gasteiger partial charge on any atom is -0.444 e. The lowest BCUT2D eigenvalue weighted by Gasteiger charge is -2.25. The summed E-state index contributed by atoms with van der Waals surface area (Å²) in [5, 5.41) is 8.27. The lowest BCUT2D eigenvalue weighted by Crippen LogP contribution is -2.36. The maximum Gasteiger partial charge on any atom is 0.408 e. The molecule has 7 heteroatoms. The molecule has 0 fully saturated rings. The van der Waals surface area contributed by atoms with Crippen molar-refractivity contribution in [2.75, 3.05) is 0 Å². The minimum absolute atomic E-state index is 0.390. The Morgan fingerprint density at radius 2 is 1.81 bits per heavy atom. The van der Waals surface area contributed by atoms with Gasteiger partial charge in [-0.3, -0.25) is 0 Å². The van der Waals surface area contributed by atoms with Crippen LogP contribution in [0.1, 0.15) is 38.1 Å². The first-order valence-electron chi connectivity index (χ1n) is 10.3. The van der Waals surface area contributed by atoms with Crippen LogP contribution in [0.4, 0.5) is 4.79 Å². The predicted molar refractivity (Wildman–Crippen MR) is 127 cm³/mol. The van der Waals surface area contributed by atoms with Gasteiger partial charge in [0.25, 0.3) is 0 Å². The van der Waals surface area contributed by atoms with Gasteiger partial charge >= 0.3 is 6.09 Å². The Balaban J connectivity index is 1.76. The molecular weight excluding hydrogens is 470 g/mol. The second-order valence-corrected chi connectivity index (χ2v) is 9.28. The number of nitrogens with one attached hydrogen (secondary N) is 1. The van der Waals surface area contributed by atoms with Crippen molar-refractivity contribution >= 4 is 33.0 Å². The zero-order valence-corrected chi connectivity index (χ0v) is 19.7. The molecule has 0 unspecified atom stereocenters. The summed E-state index contributed by atoms with van der Waals surface area (Å²) >= 11 is 3.43. The average Bonchev–Trinajstić information content (AvgIpc) is 3.16. The van der Waals surface area contributed by atoms with Gasteiger partial charge < -0.3 is 14.6 Å². The summed E-state index contributed by atoms with van der Waals surface area (Å²) in [5.74, 6) is 0. The van der Waals surface area contributed by atoms with Crippen LogP contribution in [0.25, 0.3) is 22.2 Å². The van der Waals surface area contributed by atoms with Gasteiger partial charge in [0, 0.05) is 23.1 Å². The molecule has 32 heavy (non-hydrogen) atoms. The molecule has 2 aromatic carbocycles. The van der Waals surface area contributed by atoms with Gasteiger partial charge in [0.15, 0.2) is 5.58 Å². The van der Waals surface area contributed by atoms with Gasteiger partial charge in [-0.2, -0.15) is 0 Å². The fraction of sp³-hybridized carbons (Fsp3) is 0.240. The van der Waals surface area contributed by atoms with Crippen LogP contribution < -0.4 is 5.32 Å². The Hall–Kier alpha value is -3.19. The predicted octanol–water partition coefficient (Wildman–Crippen LogP) is 6.46. The zero-order chi connectivity index (χ0) is 22.7. The molecule has 0 radical (unpaired) electrons. The summed E-state index contributed by atoms with van der Waals surface area (Å²) in [6.07, 6.45) is -0.0109. The van der Waals surface area contributed by atoms with Gasteiger partial charge in [-0.1, -0.05) is 47.6 Å². The summed E-state index contributed by atoms with van der Waals surface area (Å²) < 4.78 is 11.8. The van der Waals surface area contributed by atoms with Crippen LogP contribution >= 0.6 is 15.9 Å². The maximum atomic E-state index is 12.7. The molecule has 2 heterocycles. The van der Waals surface area contributed by atoms with Crippen molar-refractivity contribution in [3.8, 4) is 11.3 Å². The number of fused-ring (bicyclic) bond motifs is 1. The van der Waals surface area contributed by atoms with Gasteiger partial charge in [-0.15, -0.1) is 0 Å². The van der Waals surface area contributed by atoms with Crippen LogP contribution in [-0.4, -0.2) is 21.8 Å². The van der Waals surface area contributed by atoms with E-state index in [4.69, 9.17) is 9.26 Å². The fourth-order valence-electron chi connectivity index (χ4n) is 3.56. The van der Waals surface area contributed by atoms with Crippen LogP contribution in [0, 0.1) is 0 Å². The Morgan fingerprint density at radius 3 is 2.59 bits per heavy atom. The van der Waals surface area contributed by atoms with Crippen molar-refractivity contribution < 1.29 is 14.1 Å². The number of carbonyl (C=O) groups is 1. The van der Waals surface area contributed by atoms with Crippen LogP contribution in [0.3, 0.4) is 0 Å². The summed E-state index contributed by atoms with van der Waals surface area (Å²) in [5.41, 5.74) is 3.45. The summed E-state index contributed by atoms with van der Waals surface area (Å²) in [6.45, 7) is 5.52. The van der Waals surface area contributed by atoms with E-state index in [9.17, 15) is 4.79 Å². The SMILES string of the molecule is CC(C)(C)OC(=O)N[C@@H](Cc1cccc(Br)n1)c1ccccc1-c1noc2ccccc12. The van der Waals surface area contributed by atoms with E-state index in [0.29, 0.717) is 12.0 Å². The standard InChI is InChI=1S/C25H24BrN3O3/c1-25(2,3)31-24(30)28-20(15-16-9-8-14-22(26)27-16)17-10-4-5-11-18(17)23-19-12-6-7-13-21(19)32-29-23/h4-14,20H,15H2,1-3H3,(H,28,30)/t20-/m0/s1. The van der Waals surface area contributed by atoms with E-state index in [-0.39, 0.29) is 0 Å². The van der Waals surface area contributed by atoms with Crippen LogP contribution in [-0.2, 0) is 11.2 Å². The third-order valence-electron chi connectivity index (χ3n) is 4.85. The summed E-state index contributed by atoms with van der Waals surface area (Å²) in [6, 6.07) is 20.9. The molecule has 0 aliphatic rings. The molecule has 4 aromatic rings. The van der Waals surface area contributed by atoms with Gasteiger partial charge in [-0.25, -0.2) is 9.78 Å². The van der Waals surface area contributed by atoms with Crippen molar-refractivity contribution in [1.82, 2.24) is 15.5 Å². The van der Waals surface area contributed by atoms with Crippen molar-refractivity contribution in [3.05, 3.63) is 82.6 Å². The number of pyridine rings is 1. The van der Waals surface area contributed by atoms with Crippen LogP contribution in [0.2, 0.25) is 0 Å². The first-order valence-corrected chi connectivity index (χ1v) is 11.1. The topological polar surface area (TPSA) is 77.2 Å². The summed E-state index contributed by atoms with van der Waals surface area (Å²) in [4.78, 5) is 17.3. The average molecular weight is 494 g/mol. The molecule has 0 saturated carbocycles. The van der Waals surface area contributed by atoms with E-state index in [1.165, 1.54) is 0 Å². The number of halogens is 1. The second-order valence-electron chi connectivity index (χ2n) is 8.47. The molecule has 0 spiro atoms. The number of nitrogens with zero attached hydrogens (tertiary/aromatic N) is 2. The molecular formula is C25H24BrN3O3. The largest absolute Gasteiger partial charge is 0.444 e. The monoisotopic (exact) mass is 493 g/mol. The van der Waals surface area contributed by atoms with E-state index in [2.05, 4.69) is 31.4 Å². The van der Waals surface area contributed by atoms with Crippen molar-refractivity contribution in [2.45, 2.75) is 38.8 Å². The van der Waals surface area contributed by atoms with E-state index < -0.39 is 17.7 Å². The Bertz CT molecular complexity index is 1250. The van der Waals surface area contributed by atoms with E-state index in [0.717, 1.165) is 32.5 Å². The number of alkyl carbamates (subject to hydrolysis) is 1. The zero-order valence-electron chi connectivity index (χ0n) is 18.1. The van der Waals surface area contributed by atoms with Crippen LogP contribution in [0.15, 0.2) is 75.9 Å². The van der Waals surface area contributed by atoms with E-state index in [1.807, 2.05) is 87.5 Å². The van der Waals surface area contributed by atoms with Gasteiger partial charge in [0.2, 0.25) is 0 Å².